The molecule has 0 spiro atoms. The highest BCUT2D eigenvalue weighted by atomic mass is 14.4. The molecule has 3 unspecified atom stereocenters. The van der Waals surface area contributed by atoms with Crippen LogP contribution in [-0.2, 0) is 0 Å². The fourth-order valence-corrected chi connectivity index (χ4v) is 3.89. The molecule has 0 aromatic heterocycles. The monoisotopic (exact) mass is 286 g/mol. The fourth-order valence-electron chi connectivity index (χ4n) is 3.89. The van der Waals surface area contributed by atoms with E-state index in [-0.39, 0.29) is 0 Å². The van der Waals surface area contributed by atoms with Crippen LogP contribution in [0.5, 0.6) is 0 Å². The van der Waals surface area contributed by atoms with Gasteiger partial charge in [-0.15, -0.1) is 0 Å². The lowest BCUT2D eigenvalue weighted by Gasteiger charge is -2.21. The van der Waals surface area contributed by atoms with Crippen molar-refractivity contribution in [1.82, 2.24) is 0 Å². The van der Waals surface area contributed by atoms with Crippen molar-refractivity contribution in [2.45, 2.75) is 32.1 Å². The molecule has 22 heavy (non-hydrogen) atoms. The lowest BCUT2D eigenvalue weighted by Crippen LogP contribution is -2.09. The lowest BCUT2D eigenvalue weighted by molar-refractivity contribution is 0.448. The quantitative estimate of drug-likeness (QED) is 0.803. The van der Waals surface area contributed by atoms with Gasteiger partial charge in [0.1, 0.15) is 0 Å². The van der Waals surface area contributed by atoms with Crippen LogP contribution in [-0.4, -0.2) is 0 Å². The normalized spacial score (nSPS) is 22.6. The first-order valence-electron chi connectivity index (χ1n) is 7.73. The van der Waals surface area contributed by atoms with Crippen LogP contribution in [0.15, 0.2) is 42.5 Å². The van der Waals surface area contributed by atoms with E-state index >= 15 is 0 Å². The van der Waals surface area contributed by atoms with Crippen LogP contribution in [0.1, 0.15) is 59.9 Å². The van der Waals surface area contributed by atoms with Crippen molar-refractivity contribution in [1.29, 1.82) is 10.5 Å². The predicted molar refractivity (Wildman–Crippen MR) is 86.4 cm³/mol. The van der Waals surface area contributed by atoms with Crippen molar-refractivity contribution < 1.29 is 0 Å². The van der Waals surface area contributed by atoms with Gasteiger partial charge in [-0.2, -0.15) is 10.5 Å². The van der Waals surface area contributed by atoms with E-state index in [0.29, 0.717) is 23.3 Å². The maximum Gasteiger partial charge on any atom is 0.0991 e. The number of benzene rings is 2. The maximum absolute atomic E-state index is 9.20. The first-order chi connectivity index (χ1) is 10.7. The zero-order valence-electron chi connectivity index (χ0n) is 12.9. The molecule has 0 saturated carbocycles. The van der Waals surface area contributed by atoms with E-state index < -0.39 is 0 Å². The van der Waals surface area contributed by atoms with Gasteiger partial charge in [0, 0.05) is 5.92 Å². The van der Waals surface area contributed by atoms with Gasteiger partial charge in [-0.1, -0.05) is 32.0 Å². The first kappa shape index (κ1) is 14.4. The standard InChI is InChI=1S/C20H18N2/c1-3-17-13(2)20(16-7-4-14(11-21)5-8-16)19-10-15(12-22)6-9-18(17)19/h4-10,13,17,20H,3H2,1-2H3. The number of hydrogen-bond acceptors (Lipinski definition) is 2. The molecule has 0 fully saturated rings. The zero-order valence-corrected chi connectivity index (χ0v) is 12.9. The average Bonchev–Trinajstić information content (AvgIpc) is 2.85. The number of rotatable bonds is 2. The highest BCUT2D eigenvalue weighted by Crippen LogP contribution is 2.50. The molecule has 0 amide bonds. The van der Waals surface area contributed by atoms with E-state index in [9.17, 15) is 5.26 Å². The molecule has 2 nitrogen and oxygen atoms in total. The van der Waals surface area contributed by atoms with E-state index in [1.807, 2.05) is 24.3 Å². The molecule has 0 radical (unpaired) electrons. The smallest absolute Gasteiger partial charge is 0.0991 e. The Morgan fingerprint density at radius 1 is 0.909 bits per heavy atom. The van der Waals surface area contributed by atoms with E-state index in [1.165, 1.54) is 16.7 Å². The second-order valence-corrected chi connectivity index (χ2v) is 6.04. The Morgan fingerprint density at radius 2 is 1.55 bits per heavy atom. The van der Waals surface area contributed by atoms with E-state index in [4.69, 9.17) is 5.26 Å². The molecule has 0 bridgehead atoms. The summed E-state index contributed by atoms with van der Waals surface area (Å²) in [6.45, 7) is 4.52. The summed E-state index contributed by atoms with van der Waals surface area (Å²) in [5, 5.41) is 18.2. The summed E-state index contributed by atoms with van der Waals surface area (Å²) in [6.07, 6.45) is 1.10. The molecule has 2 aromatic rings. The van der Waals surface area contributed by atoms with Gasteiger partial charge in [0.2, 0.25) is 0 Å². The van der Waals surface area contributed by atoms with Gasteiger partial charge in [0.15, 0.2) is 0 Å². The fraction of sp³-hybridized carbons (Fsp3) is 0.300. The Bertz CT molecular complexity index is 775. The van der Waals surface area contributed by atoms with Crippen molar-refractivity contribution in [2.24, 2.45) is 5.92 Å². The van der Waals surface area contributed by atoms with Crippen LogP contribution in [0.3, 0.4) is 0 Å². The second kappa shape index (κ2) is 5.66. The lowest BCUT2D eigenvalue weighted by atomic mass is 9.83. The van der Waals surface area contributed by atoms with Gasteiger partial charge in [0.05, 0.1) is 23.3 Å². The molecule has 2 heteroatoms. The minimum Gasteiger partial charge on any atom is -0.192 e. The number of nitrogens with zero attached hydrogens (tertiary/aromatic N) is 2. The van der Waals surface area contributed by atoms with Crippen molar-refractivity contribution in [3.05, 3.63) is 70.3 Å². The van der Waals surface area contributed by atoms with Gasteiger partial charge in [-0.25, -0.2) is 0 Å². The molecule has 1 aliphatic carbocycles. The summed E-state index contributed by atoms with van der Waals surface area (Å²) in [6, 6.07) is 18.4. The Morgan fingerprint density at radius 3 is 2.14 bits per heavy atom. The largest absolute Gasteiger partial charge is 0.192 e. The third-order valence-corrected chi connectivity index (χ3v) is 4.95. The van der Waals surface area contributed by atoms with E-state index in [1.54, 1.807) is 0 Å². The predicted octanol–water partition coefficient (Wildman–Crippen LogP) is 4.71. The van der Waals surface area contributed by atoms with Crippen molar-refractivity contribution in [3.8, 4) is 12.1 Å². The average molecular weight is 286 g/mol. The SMILES string of the molecule is CCC1c2ccc(C#N)cc2C(c2ccc(C#N)cc2)C1C. The second-order valence-electron chi connectivity index (χ2n) is 6.04. The van der Waals surface area contributed by atoms with Gasteiger partial charge >= 0.3 is 0 Å². The van der Waals surface area contributed by atoms with Crippen molar-refractivity contribution in [2.75, 3.05) is 0 Å². The summed E-state index contributed by atoms with van der Waals surface area (Å²) in [4.78, 5) is 0. The minimum absolute atomic E-state index is 0.306. The van der Waals surface area contributed by atoms with Crippen LogP contribution >= 0.6 is 0 Å². The molecule has 3 rings (SSSR count). The summed E-state index contributed by atoms with van der Waals surface area (Å²) >= 11 is 0. The summed E-state index contributed by atoms with van der Waals surface area (Å²) in [5.41, 5.74) is 5.30. The minimum atomic E-state index is 0.306. The Kier molecular flexibility index (Phi) is 3.70. The number of nitriles is 2. The Hall–Kier alpha value is -2.58. The van der Waals surface area contributed by atoms with Crippen LogP contribution in [0.25, 0.3) is 0 Å². The van der Waals surface area contributed by atoms with Crippen LogP contribution in [0.4, 0.5) is 0 Å². The molecule has 0 aliphatic heterocycles. The molecule has 0 saturated heterocycles. The Balaban J connectivity index is 2.12. The van der Waals surface area contributed by atoms with Gasteiger partial charge in [0.25, 0.3) is 0 Å². The summed E-state index contributed by atoms with van der Waals surface area (Å²) < 4.78 is 0. The van der Waals surface area contributed by atoms with E-state index in [0.717, 1.165) is 12.0 Å². The molecule has 0 heterocycles. The third-order valence-electron chi connectivity index (χ3n) is 4.95. The topological polar surface area (TPSA) is 47.6 Å². The van der Waals surface area contributed by atoms with Crippen molar-refractivity contribution >= 4 is 0 Å². The summed E-state index contributed by atoms with van der Waals surface area (Å²) in [5.74, 6) is 1.34. The molecule has 2 aromatic carbocycles. The van der Waals surface area contributed by atoms with Gasteiger partial charge < -0.3 is 0 Å². The van der Waals surface area contributed by atoms with Crippen LogP contribution < -0.4 is 0 Å². The molecule has 108 valence electrons. The number of hydrogen-bond donors (Lipinski definition) is 0. The van der Waals surface area contributed by atoms with Gasteiger partial charge in [-0.05, 0) is 59.2 Å². The molecular formula is C20H18N2. The molecule has 0 N–H and O–H groups in total. The Labute approximate surface area is 131 Å². The molecule has 1 aliphatic rings. The number of fused-ring (bicyclic) bond motifs is 1. The maximum atomic E-state index is 9.20. The highest BCUT2D eigenvalue weighted by molar-refractivity contribution is 5.50. The molecular weight excluding hydrogens is 268 g/mol. The summed E-state index contributed by atoms with van der Waals surface area (Å²) in [7, 11) is 0. The van der Waals surface area contributed by atoms with Crippen LogP contribution in [0.2, 0.25) is 0 Å². The first-order valence-corrected chi connectivity index (χ1v) is 7.73. The third kappa shape index (κ3) is 2.18. The van der Waals surface area contributed by atoms with Crippen LogP contribution in [0, 0.1) is 28.6 Å². The van der Waals surface area contributed by atoms with Gasteiger partial charge in [-0.3, -0.25) is 0 Å². The zero-order chi connectivity index (χ0) is 15.7. The van der Waals surface area contributed by atoms with Crippen molar-refractivity contribution in [3.63, 3.8) is 0 Å². The van der Waals surface area contributed by atoms with E-state index in [2.05, 4.69) is 44.2 Å². The highest BCUT2D eigenvalue weighted by Gasteiger charge is 2.37. The molecule has 3 atom stereocenters.